The molecular formula is C25H24N8O3. The van der Waals surface area contributed by atoms with E-state index >= 15 is 0 Å². The molecule has 182 valence electrons. The maximum Gasteiger partial charge on any atom is 0.280 e. The SMILES string of the molecule is O=[N+]([O-])c1ccccc1-c1ccc(C=NNc2nc(Nc3ccccc3)nc(N3CCCCC3)n2)o1. The molecule has 1 fully saturated rings. The number of hydrazone groups is 1. The number of furan rings is 1. The van der Waals surface area contributed by atoms with Crippen molar-refractivity contribution in [3.63, 3.8) is 0 Å². The molecule has 1 aliphatic rings. The van der Waals surface area contributed by atoms with Crippen molar-refractivity contribution in [2.24, 2.45) is 5.10 Å². The second kappa shape index (κ2) is 10.6. The van der Waals surface area contributed by atoms with Crippen LogP contribution in [0.25, 0.3) is 11.3 Å². The number of nitrogens with one attached hydrogen (secondary N) is 2. The second-order valence-corrected chi connectivity index (χ2v) is 8.17. The van der Waals surface area contributed by atoms with Crippen LogP contribution in [0.3, 0.4) is 0 Å². The van der Waals surface area contributed by atoms with Crippen molar-refractivity contribution in [3.8, 4) is 11.3 Å². The van der Waals surface area contributed by atoms with Gasteiger partial charge in [-0.2, -0.15) is 20.1 Å². The van der Waals surface area contributed by atoms with Gasteiger partial charge >= 0.3 is 0 Å². The first-order valence-electron chi connectivity index (χ1n) is 11.6. The minimum atomic E-state index is -0.436. The molecule has 0 atom stereocenters. The Kier molecular flexibility index (Phi) is 6.79. The normalized spacial score (nSPS) is 13.6. The minimum Gasteiger partial charge on any atom is -0.455 e. The van der Waals surface area contributed by atoms with E-state index in [1.807, 2.05) is 30.3 Å². The number of aromatic nitrogens is 3. The van der Waals surface area contributed by atoms with Crippen molar-refractivity contribution >= 4 is 35.4 Å². The lowest BCUT2D eigenvalue weighted by Gasteiger charge is -2.26. The zero-order valence-corrected chi connectivity index (χ0v) is 19.4. The van der Waals surface area contributed by atoms with E-state index < -0.39 is 4.92 Å². The molecule has 3 heterocycles. The summed E-state index contributed by atoms with van der Waals surface area (Å²) in [6.07, 6.45) is 4.85. The summed E-state index contributed by atoms with van der Waals surface area (Å²) in [6, 6.07) is 19.4. The van der Waals surface area contributed by atoms with Crippen molar-refractivity contribution in [2.45, 2.75) is 19.3 Å². The summed E-state index contributed by atoms with van der Waals surface area (Å²) in [6.45, 7) is 1.77. The van der Waals surface area contributed by atoms with Gasteiger partial charge in [0, 0.05) is 24.8 Å². The maximum absolute atomic E-state index is 11.3. The molecule has 1 aliphatic heterocycles. The molecule has 11 nitrogen and oxygen atoms in total. The van der Waals surface area contributed by atoms with Crippen LogP contribution in [0.5, 0.6) is 0 Å². The molecule has 0 radical (unpaired) electrons. The smallest absolute Gasteiger partial charge is 0.280 e. The Morgan fingerprint density at radius 2 is 1.67 bits per heavy atom. The van der Waals surface area contributed by atoms with E-state index in [1.165, 1.54) is 18.7 Å². The van der Waals surface area contributed by atoms with Crippen LogP contribution >= 0.6 is 0 Å². The Bertz CT molecular complexity index is 1370. The number of nitro groups is 1. The van der Waals surface area contributed by atoms with E-state index in [2.05, 4.69) is 35.7 Å². The van der Waals surface area contributed by atoms with Gasteiger partial charge in [-0.3, -0.25) is 10.1 Å². The third-order valence-electron chi connectivity index (χ3n) is 5.64. The molecule has 2 N–H and O–H groups in total. The summed E-state index contributed by atoms with van der Waals surface area (Å²) < 4.78 is 5.75. The average molecular weight is 485 g/mol. The fourth-order valence-corrected chi connectivity index (χ4v) is 3.92. The summed E-state index contributed by atoms with van der Waals surface area (Å²) in [4.78, 5) is 26.6. The maximum atomic E-state index is 11.3. The van der Waals surface area contributed by atoms with Gasteiger partial charge in [0.05, 0.1) is 16.7 Å². The van der Waals surface area contributed by atoms with Crippen molar-refractivity contribution in [2.75, 3.05) is 28.7 Å². The Morgan fingerprint density at radius 1 is 0.917 bits per heavy atom. The number of nitro benzene ring substituents is 1. The molecule has 2 aromatic heterocycles. The molecule has 36 heavy (non-hydrogen) atoms. The van der Waals surface area contributed by atoms with Gasteiger partial charge in [0.2, 0.25) is 17.8 Å². The summed E-state index contributed by atoms with van der Waals surface area (Å²) in [5.41, 5.74) is 4.08. The first-order valence-corrected chi connectivity index (χ1v) is 11.6. The van der Waals surface area contributed by atoms with Crippen LogP contribution < -0.4 is 15.6 Å². The van der Waals surface area contributed by atoms with Gasteiger partial charge in [0.15, 0.2) is 0 Å². The third-order valence-corrected chi connectivity index (χ3v) is 5.64. The quantitative estimate of drug-likeness (QED) is 0.196. The van der Waals surface area contributed by atoms with Gasteiger partial charge < -0.3 is 14.6 Å². The summed E-state index contributed by atoms with van der Waals surface area (Å²) in [5, 5.41) is 18.7. The van der Waals surface area contributed by atoms with Crippen LogP contribution in [0, 0.1) is 10.1 Å². The predicted molar refractivity (Wildman–Crippen MR) is 138 cm³/mol. The molecule has 1 saturated heterocycles. The molecule has 11 heteroatoms. The van der Waals surface area contributed by atoms with Crippen molar-refractivity contribution < 1.29 is 9.34 Å². The van der Waals surface area contributed by atoms with E-state index in [9.17, 15) is 10.1 Å². The lowest BCUT2D eigenvalue weighted by molar-refractivity contribution is -0.384. The highest BCUT2D eigenvalue weighted by molar-refractivity contribution is 5.79. The largest absolute Gasteiger partial charge is 0.455 e. The van der Waals surface area contributed by atoms with E-state index in [0.29, 0.717) is 29.0 Å². The summed E-state index contributed by atoms with van der Waals surface area (Å²) in [7, 11) is 0. The fourth-order valence-electron chi connectivity index (χ4n) is 3.92. The molecule has 0 saturated carbocycles. The van der Waals surface area contributed by atoms with Crippen LogP contribution in [0.15, 0.2) is 76.2 Å². The molecule has 2 aromatic carbocycles. The van der Waals surface area contributed by atoms with E-state index in [0.717, 1.165) is 31.6 Å². The van der Waals surface area contributed by atoms with Gasteiger partial charge in [-0.05, 0) is 49.6 Å². The molecule has 0 amide bonds. The Balaban J connectivity index is 1.35. The number of hydrogen-bond donors (Lipinski definition) is 2. The summed E-state index contributed by atoms with van der Waals surface area (Å²) in [5.74, 6) is 2.07. The highest BCUT2D eigenvalue weighted by atomic mass is 16.6. The number of piperidine rings is 1. The lowest BCUT2D eigenvalue weighted by atomic mass is 10.1. The number of para-hydroxylation sites is 2. The average Bonchev–Trinajstić information content (AvgIpc) is 3.38. The van der Waals surface area contributed by atoms with Gasteiger partial charge in [-0.15, -0.1) is 0 Å². The Morgan fingerprint density at radius 3 is 2.47 bits per heavy atom. The predicted octanol–water partition coefficient (Wildman–Crippen LogP) is 5.22. The number of hydrogen-bond acceptors (Lipinski definition) is 10. The van der Waals surface area contributed by atoms with Gasteiger partial charge in [-0.25, -0.2) is 5.43 Å². The van der Waals surface area contributed by atoms with Crippen molar-refractivity contribution in [1.29, 1.82) is 0 Å². The van der Waals surface area contributed by atoms with E-state index in [4.69, 9.17) is 4.42 Å². The van der Waals surface area contributed by atoms with Crippen LogP contribution in [0.2, 0.25) is 0 Å². The first kappa shape index (κ1) is 23.0. The molecule has 0 bridgehead atoms. The topological polar surface area (TPSA) is 135 Å². The van der Waals surface area contributed by atoms with E-state index in [1.54, 1.807) is 30.3 Å². The highest BCUT2D eigenvalue weighted by Crippen LogP contribution is 2.30. The van der Waals surface area contributed by atoms with Crippen LogP contribution in [0.1, 0.15) is 25.0 Å². The number of benzene rings is 2. The van der Waals surface area contributed by atoms with Gasteiger partial charge in [0.25, 0.3) is 5.69 Å². The molecule has 5 rings (SSSR count). The summed E-state index contributed by atoms with van der Waals surface area (Å²) >= 11 is 0. The van der Waals surface area contributed by atoms with Gasteiger partial charge in [0.1, 0.15) is 11.5 Å². The third kappa shape index (κ3) is 5.46. The lowest BCUT2D eigenvalue weighted by Crippen LogP contribution is -2.31. The molecule has 0 spiro atoms. The zero-order valence-electron chi connectivity index (χ0n) is 19.4. The van der Waals surface area contributed by atoms with Crippen molar-refractivity contribution in [3.05, 3.63) is 82.6 Å². The van der Waals surface area contributed by atoms with Gasteiger partial charge in [-0.1, -0.05) is 30.3 Å². The number of anilines is 4. The highest BCUT2D eigenvalue weighted by Gasteiger charge is 2.18. The van der Waals surface area contributed by atoms with Crippen LogP contribution in [0.4, 0.5) is 29.2 Å². The van der Waals surface area contributed by atoms with E-state index in [-0.39, 0.29) is 11.6 Å². The standard InChI is InChI=1S/C25H24N8O3/c34-33(35)21-12-6-5-11-20(21)22-14-13-19(36-22)17-26-31-24-28-23(27-18-9-3-1-4-10-18)29-25(30-24)32-15-7-2-8-16-32/h1,3-6,9-14,17H,2,7-8,15-16H2,(H2,27,28,29,30,31). The monoisotopic (exact) mass is 484 g/mol. The Labute approximate surface area is 207 Å². The fraction of sp³-hybridized carbons (Fsp3) is 0.200. The molecule has 0 unspecified atom stereocenters. The second-order valence-electron chi connectivity index (χ2n) is 8.17. The van der Waals surface area contributed by atoms with Crippen LogP contribution in [-0.4, -0.2) is 39.2 Å². The van der Waals surface area contributed by atoms with Crippen LogP contribution in [-0.2, 0) is 0 Å². The zero-order chi connectivity index (χ0) is 24.7. The minimum absolute atomic E-state index is 0.0256. The van der Waals surface area contributed by atoms with Crippen molar-refractivity contribution in [1.82, 2.24) is 15.0 Å². The number of rotatable bonds is 8. The Hall–Kier alpha value is -4.80. The first-order chi connectivity index (χ1) is 17.7. The number of nitrogens with zero attached hydrogens (tertiary/aromatic N) is 6. The molecule has 4 aromatic rings. The molecular weight excluding hydrogens is 460 g/mol. The molecule has 0 aliphatic carbocycles.